The van der Waals surface area contributed by atoms with Crippen LogP contribution in [0, 0.1) is 0 Å². The SMILES string of the molecule is COC(=O)/C(=C/c1cccnc1)C(C)=O. The highest BCUT2D eigenvalue weighted by atomic mass is 16.5. The number of methoxy groups -OCH3 is 1. The van der Waals surface area contributed by atoms with Crippen LogP contribution in [0.4, 0.5) is 0 Å². The number of aromatic nitrogens is 1. The van der Waals surface area contributed by atoms with Crippen LogP contribution in [0.5, 0.6) is 0 Å². The summed E-state index contributed by atoms with van der Waals surface area (Å²) in [6, 6.07) is 3.47. The van der Waals surface area contributed by atoms with Crippen LogP contribution in [0.1, 0.15) is 12.5 Å². The van der Waals surface area contributed by atoms with Crippen molar-refractivity contribution in [1.82, 2.24) is 4.98 Å². The highest BCUT2D eigenvalue weighted by molar-refractivity contribution is 6.19. The number of hydrogen-bond acceptors (Lipinski definition) is 4. The molecule has 0 radical (unpaired) electrons. The molecule has 0 spiro atoms. The maximum absolute atomic E-state index is 11.2. The van der Waals surface area contributed by atoms with Gasteiger partial charge in [0.15, 0.2) is 5.78 Å². The molecule has 0 amide bonds. The Hall–Kier alpha value is -1.97. The summed E-state index contributed by atoms with van der Waals surface area (Å²) in [5.74, 6) is -0.961. The smallest absolute Gasteiger partial charge is 0.341 e. The van der Waals surface area contributed by atoms with E-state index in [1.165, 1.54) is 20.1 Å². The van der Waals surface area contributed by atoms with E-state index in [1.54, 1.807) is 24.5 Å². The quantitative estimate of drug-likeness (QED) is 0.322. The zero-order valence-electron chi connectivity index (χ0n) is 8.56. The van der Waals surface area contributed by atoms with Crippen molar-refractivity contribution < 1.29 is 14.3 Å². The summed E-state index contributed by atoms with van der Waals surface area (Å²) in [4.78, 5) is 26.3. The Morgan fingerprint density at radius 1 is 1.47 bits per heavy atom. The van der Waals surface area contributed by atoms with Gasteiger partial charge in [-0.3, -0.25) is 9.78 Å². The Balaban J connectivity index is 3.05. The molecular formula is C11H11NO3. The Labute approximate surface area is 87.6 Å². The highest BCUT2D eigenvalue weighted by Gasteiger charge is 2.14. The first-order chi connectivity index (χ1) is 7.15. The summed E-state index contributed by atoms with van der Waals surface area (Å²) in [5.41, 5.74) is 0.707. The lowest BCUT2D eigenvalue weighted by atomic mass is 10.1. The molecule has 4 heteroatoms. The average Bonchev–Trinajstić information content (AvgIpc) is 2.26. The first-order valence-electron chi connectivity index (χ1n) is 4.36. The minimum Gasteiger partial charge on any atom is -0.465 e. The molecule has 0 bridgehead atoms. The van der Waals surface area contributed by atoms with Crippen LogP contribution in [0.25, 0.3) is 6.08 Å². The van der Waals surface area contributed by atoms with Crippen LogP contribution < -0.4 is 0 Å². The van der Waals surface area contributed by atoms with Crippen LogP contribution in [0.2, 0.25) is 0 Å². The lowest BCUT2D eigenvalue weighted by Crippen LogP contribution is -2.11. The van der Waals surface area contributed by atoms with Gasteiger partial charge in [0.2, 0.25) is 0 Å². The number of ether oxygens (including phenoxy) is 1. The van der Waals surface area contributed by atoms with Crippen LogP contribution in [0.15, 0.2) is 30.1 Å². The number of nitrogens with zero attached hydrogens (tertiary/aromatic N) is 1. The Kier molecular flexibility index (Phi) is 3.74. The topological polar surface area (TPSA) is 56.3 Å². The predicted octanol–water partition coefficient (Wildman–Crippen LogP) is 1.23. The number of esters is 1. The van der Waals surface area contributed by atoms with Gasteiger partial charge >= 0.3 is 5.97 Å². The van der Waals surface area contributed by atoms with Gasteiger partial charge in [-0.15, -0.1) is 0 Å². The van der Waals surface area contributed by atoms with Crippen molar-refractivity contribution in [3.05, 3.63) is 35.7 Å². The summed E-state index contributed by atoms with van der Waals surface area (Å²) in [6.07, 6.45) is 4.63. The van der Waals surface area contributed by atoms with Gasteiger partial charge in [-0.2, -0.15) is 0 Å². The zero-order valence-corrected chi connectivity index (χ0v) is 8.56. The molecule has 0 aliphatic heterocycles. The molecule has 0 saturated carbocycles. The molecule has 0 aliphatic rings. The molecule has 0 aliphatic carbocycles. The van der Waals surface area contributed by atoms with Gasteiger partial charge in [-0.05, 0) is 24.6 Å². The van der Waals surface area contributed by atoms with Gasteiger partial charge in [-0.25, -0.2) is 4.79 Å². The second kappa shape index (κ2) is 5.05. The van der Waals surface area contributed by atoms with Gasteiger partial charge < -0.3 is 4.74 Å². The molecule has 4 nitrogen and oxygen atoms in total. The molecule has 0 aromatic carbocycles. The second-order valence-corrected chi connectivity index (χ2v) is 2.89. The van der Waals surface area contributed by atoms with Crippen molar-refractivity contribution in [3.63, 3.8) is 0 Å². The lowest BCUT2D eigenvalue weighted by Gasteiger charge is -2.00. The fourth-order valence-corrected chi connectivity index (χ4v) is 1.04. The molecule has 0 saturated heterocycles. The first-order valence-corrected chi connectivity index (χ1v) is 4.36. The van der Waals surface area contributed by atoms with Crippen molar-refractivity contribution in [2.24, 2.45) is 0 Å². The number of rotatable bonds is 3. The molecule has 78 valence electrons. The van der Waals surface area contributed by atoms with Crippen LogP contribution in [0.3, 0.4) is 0 Å². The molecule has 15 heavy (non-hydrogen) atoms. The highest BCUT2D eigenvalue weighted by Crippen LogP contribution is 2.07. The van der Waals surface area contributed by atoms with Gasteiger partial charge in [0.05, 0.1) is 7.11 Å². The van der Waals surface area contributed by atoms with E-state index in [4.69, 9.17) is 0 Å². The van der Waals surface area contributed by atoms with Gasteiger partial charge in [0.1, 0.15) is 5.57 Å². The third-order valence-electron chi connectivity index (χ3n) is 1.78. The fraction of sp³-hybridized carbons (Fsp3) is 0.182. The van der Waals surface area contributed by atoms with E-state index < -0.39 is 5.97 Å². The molecule has 0 fully saturated rings. The second-order valence-electron chi connectivity index (χ2n) is 2.89. The fourth-order valence-electron chi connectivity index (χ4n) is 1.04. The average molecular weight is 205 g/mol. The molecule has 1 aromatic rings. The summed E-state index contributed by atoms with van der Waals surface area (Å²) in [7, 11) is 1.24. The number of Topliss-reactive ketones (excluding diaryl/α,β-unsaturated/α-hetero) is 1. The molecule has 1 aromatic heterocycles. The third-order valence-corrected chi connectivity index (χ3v) is 1.78. The lowest BCUT2D eigenvalue weighted by molar-refractivity contribution is -0.137. The van der Waals surface area contributed by atoms with Crippen molar-refractivity contribution in [2.45, 2.75) is 6.92 Å². The Morgan fingerprint density at radius 3 is 2.67 bits per heavy atom. The number of ketones is 1. The van der Waals surface area contributed by atoms with Gasteiger partial charge in [0.25, 0.3) is 0 Å². The Morgan fingerprint density at radius 2 is 2.20 bits per heavy atom. The largest absolute Gasteiger partial charge is 0.465 e. The first kappa shape index (κ1) is 11.1. The molecule has 1 rings (SSSR count). The molecule has 0 unspecified atom stereocenters. The zero-order chi connectivity index (χ0) is 11.3. The van der Waals surface area contributed by atoms with E-state index in [0.717, 1.165) is 0 Å². The monoisotopic (exact) mass is 205 g/mol. The Bertz CT molecular complexity index is 396. The third kappa shape index (κ3) is 3.02. The van der Waals surface area contributed by atoms with Gasteiger partial charge in [0, 0.05) is 12.4 Å². The molecule has 1 heterocycles. The molecule has 0 N–H and O–H groups in total. The summed E-state index contributed by atoms with van der Waals surface area (Å²) < 4.78 is 4.50. The van der Waals surface area contributed by atoms with Crippen molar-refractivity contribution in [2.75, 3.05) is 7.11 Å². The molecule has 0 atom stereocenters. The van der Waals surface area contributed by atoms with Crippen LogP contribution >= 0.6 is 0 Å². The van der Waals surface area contributed by atoms with E-state index in [2.05, 4.69) is 9.72 Å². The van der Waals surface area contributed by atoms with Gasteiger partial charge in [-0.1, -0.05) is 6.07 Å². The van der Waals surface area contributed by atoms with Crippen molar-refractivity contribution in [1.29, 1.82) is 0 Å². The van der Waals surface area contributed by atoms with E-state index in [9.17, 15) is 9.59 Å². The van der Waals surface area contributed by atoms with Crippen molar-refractivity contribution >= 4 is 17.8 Å². The molecular weight excluding hydrogens is 194 g/mol. The van der Waals surface area contributed by atoms with E-state index >= 15 is 0 Å². The minimum absolute atomic E-state index is 0.0190. The van der Waals surface area contributed by atoms with E-state index in [1.807, 2.05) is 0 Å². The predicted molar refractivity (Wildman–Crippen MR) is 54.9 cm³/mol. The number of pyridine rings is 1. The van der Waals surface area contributed by atoms with Crippen LogP contribution in [-0.4, -0.2) is 23.8 Å². The van der Waals surface area contributed by atoms with Crippen LogP contribution in [-0.2, 0) is 14.3 Å². The number of carbonyl (C=O) groups excluding carboxylic acids is 2. The standard InChI is InChI=1S/C11H11NO3/c1-8(13)10(11(14)15-2)6-9-4-3-5-12-7-9/h3-7H,1-2H3/b10-6+. The normalized spacial score (nSPS) is 10.9. The summed E-state index contributed by atoms with van der Waals surface area (Å²) in [6.45, 7) is 1.32. The maximum Gasteiger partial charge on any atom is 0.341 e. The maximum atomic E-state index is 11.2. The number of hydrogen-bond donors (Lipinski definition) is 0. The summed E-state index contributed by atoms with van der Waals surface area (Å²) >= 11 is 0. The minimum atomic E-state index is -0.633. The van der Waals surface area contributed by atoms with E-state index in [0.29, 0.717) is 5.56 Å². The van der Waals surface area contributed by atoms with Crippen molar-refractivity contribution in [3.8, 4) is 0 Å². The van der Waals surface area contributed by atoms with E-state index in [-0.39, 0.29) is 11.4 Å². The number of carbonyl (C=O) groups is 2. The summed E-state index contributed by atoms with van der Waals surface area (Å²) in [5, 5.41) is 0.